The number of benzene rings is 8. The minimum absolute atomic E-state index is 0.456. The summed E-state index contributed by atoms with van der Waals surface area (Å²) in [6, 6.07) is 65.9. The van der Waals surface area contributed by atoms with Crippen LogP contribution in [0.2, 0.25) is 0 Å². The number of hydrogen-bond donors (Lipinski definition) is 0. The highest BCUT2D eigenvalue weighted by atomic mass is 16.5. The van der Waals surface area contributed by atoms with Gasteiger partial charge in [0.2, 0.25) is 0 Å². The van der Waals surface area contributed by atoms with Crippen molar-refractivity contribution >= 4 is 11.0 Å². The van der Waals surface area contributed by atoms with Crippen molar-refractivity contribution in [2.45, 2.75) is 24.2 Å². The van der Waals surface area contributed by atoms with Crippen LogP contribution in [0.5, 0.6) is 11.5 Å². The molecule has 9 aromatic rings. The molecule has 3 nitrogen and oxygen atoms in total. The average molecular weight is 715 g/mol. The highest BCUT2D eigenvalue weighted by Gasteiger charge is 2.58. The van der Waals surface area contributed by atoms with Gasteiger partial charge in [0.15, 0.2) is 11.5 Å². The second-order valence-corrected chi connectivity index (χ2v) is 15.6. The molecule has 0 saturated carbocycles. The molecule has 3 heteroatoms. The average Bonchev–Trinajstić information content (AvgIpc) is 3.89. The van der Waals surface area contributed by atoms with E-state index < -0.39 is 10.8 Å². The maximum absolute atomic E-state index is 6.52. The second kappa shape index (κ2) is 10.6. The van der Waals surface area contributed by atoms with E-state index in [9.17, 15) is 0 Å². The molecule has 0 fully saturated rings. The lowest BCUT2D eigenvalue weighted by atomic mass is 9.52. The van der Waals surface area contributed by atoms with Gasteiger partial charge >= 0.3 is 0 Å². The Kier molecular flexibility index (Phi) is 5.76. The molecule has 2 spiro atoms. The van der Waals surface area contributed by atoms with Crippen LogP contribution in [0.3, 0.4) is 0 Å². The molecule has 8 aromatic carbocycles. The minimum Gasteiger partial charge on any atom is -0.453 e. The van der Waals surface area contributed by atoms with Crippen molar-refractivity contribution in [2.24, 2.45) is 0 Å². The Labute approximate surface area is 325 Å². The third-order valence-corrected chi connectivity index (χ3v) is 13.2. The molecule has 4 aliphatic rings. The maximum Gasteiger partial charge on any atom is 0.153 e. The quantitative estimate of drug-likeness (QED) is 0.178. The van der Waals surface area contributed by atoms with E-state index in [4.69, 9.17) is 9.72 Å². The fourth-order valence-electron chi connectivity index (χ4n) is 11.2. The molecular formula is C53H34N2O. The standard InChI is InChI=1S/C53H34N2O/c1-2-50-54-46-24-13-25-49-51(46)55(50)47-31-33(27-29-48(47)56-49)32-26-28-37-36-16-5-8-19-40(36)53(45(37)30-32)43-22-11-9-20-41(43)52(42-21-10-12-23-44(42)53)38-17-6-3-14-34(38)35-15-4-7-18-39(35)52/h3-31H,2H2,1H3. The molecule has 0 N–H and O–H groups in total. The van der Waals surface area contributed by atoms with E-state index in [-0.39, 0.29) is 0 Å². The normalized spacial score (nSPS) is 15.0. The molecule has 0 radical (unpaired) electrons. The van der Waals surface area contributed by atoms with Crippen LogP contribution in [0, 0.1) is 0 Å². The van der Waals surface area contributed by atoms with Crippen molar-refractivity contribution in [3.8, 4) is 50.6 Å². The molecule has 0 bridgehead atoms. The van der Waals surface area contributed by atoms with Gasteiger partial charge in [-0.1, -0.05) is 153 Å². The number of fused-ring (bicyclic) bond motifs is 18. The number of imidazole rings is 1. The first-order chi connectivity index (χ1) is 27.7. The molecule has 1 aliphatic heterocycles. The van der Waals surface area contributed by atoms with Crippen molar-refractivity contribution in [3.63, 3.8) is 0 Å². The Morgan fingerprint density at radius 3 is 1.50 bits per heavy atom. The molecule has 13 rings (SSSR count). The molecular weight excluding hydrogens is 681 g/mol. The zero-order valence-electron chi connectivity index (χ0n) is 30.8. The Morgan fingerprint density at radius 1 is 0.446 bits per heavy atom. The van der Waals surface area contributed by atoms with Crippen LogP contribution in [0.15, 0.2) is 176 Å². The van der Waals surface area contributed by atoms with Crippen LogP contribution in [0.4, 0.5) is 0 Å². The number of para-hydroxylation sites is 1. The summed E-state index contributed by atoms with van der Waals surface area (Å²) in [5, 5.41) is 0. The zero-order chi connectivity index (χ0) is 36.8. The van der Waals surface area contributed by atoms with Crippen molar-refractivity contribution in [1.29, 1.82) is 0 Å². The predicted molar refractivity (Wildman–Crippen MR) is 224 cm³/mol. The molecule has 1 aromatic heterocycles. The van der Waals surface area contributed by atoms with E-state index in [2.05, 4.69) is 175 Å². The lowest BCUT2D eigenvalue weighted by Crippen LogP contribution is -2.43. The summed E-state index contributed by atoms with van der Waals surface area (Å²) < 4.78 is 8.83. The number of aromatic nitrogens is 2. The summed E-state index contributed by atoms with van der Waals surface area (Å²) in [5.41, 5.74) is 20.4. The monoisotopic (exact) mass is 714 g/mol. The summed E-state index contributed by atoms with van der Waals surface area (Å²) in [6.07, 6.45) is 0.826. The predicted octanol–water partition coefficient (Wildman–Crippen LogP) is 12.4. The smallest absolute Gasteiger partial charge is 0.153 e. The first-order valence-corrected chi connectivity index (χ1v) is 19.7. The fraction of sp³-hybridized carbons (Fsp3) is 0.0755. The number of ether oxygens (including phenoxy) is 1. The molecule has 0 amide bonds. The van der Waals surface area contributed by atoms with Gasteiger partial charge in [-0.2, -0.15) is 0 Å². The van der Waals surface area contributed by atoms with Crippen LogP contribution < -0.4 is 4.74 Å². The Balaban J connectivity index is 1.10. The van der Waals surface area contributed by atoms with Crippen LogP contribution in [-0.4, -0.2) is 9.55 Å². The van der Waals surface area contributed by atoms with Gasteiger partial charge < -0.3 is 4.74 Å². The number of hydrogen-bond acceptors (Lipinski definition) is 2. The largest absolute Gasteiger partial charge is 0.453 e. The second-order valence-electron chi connectivity index (χ2n) is 15.6. The highest BCUT2D eigenvalue weighted by molar-refractivity contribution is 5.95. The number of rotatable bonds is 2. The summed E-state index contributed by atoms with van der Waals surface area (Å²) >= 11 is 0. The van der Waals surface area contributed by atoms with Crippen LogP contribution in [0.1, 0.15) is 57.3 Å². The van der Waals surface area contributed by atoms with Gasteiger partial charge in [-0.05, 0) is 108 Å². The van der Waals surface area contributed by atoms with E-state index in [1.807, 2.05) is 12.1 Å². The van der Waals surface area contributed by atoms with Crippen LogP contribution >= 0.6 is 0 Å². The van der Waals surface area contributed by atoms with Gasteiger partial charge in [0, 0.05) is 6.42 Å². The molecule has 0 saturated heterocycles. The van der Waals surface area contributed by atoms with Crippen molar-refractivity contribution in [1.82, 2.24) is 9.55 Å². The van der Waals surface area contributed by atoms with Crippen molar-refractivity contribution in [3.05, 3.63) is 226 Å². The molecule has 3 aliphatic carbocycles. The summed E-state index contributed by atoms with van der Waals surface area (Å²) in [7, 11) is 0. The SMILES string of the molecule is CCc1nc2cccc3c2n1-c1cc(-c2ccc4c(c2)C2(c5ccccc5-4)c4ccccc4C4(c5ccccc5-c5ccccc54)c4ccccc42)ccc1O3. The molecule has 0 atom stereocenters. The highest BCUT2D eigenvalue weighted by Crippen LogP contribution is 2.67. The molecule has 56 heavy (non-hydrogen) atoms. The summed E-state index contributed by atoms with van der Waals surface area (Å²) in [5.74, 6) is 2.74. The van der Waals surface area contributed by atoms with Gasteiger partial charge in [-0.3, -0.25) is 4.57 Å². The van der Waals surface area contributed by atoms with Crippen LogP contribution in [0.25, 0.3) is 50.1 Å². The molecule has 2 heterocycles. The maximum atomic E-state index is 6.52. The lowest BCUT2D eigenvalue weighted by molar-refractivity contribution is 0.474. The first kappa shape index (κ1) is 30.4. The topological polar surface area (TPSA) is 27.1 Å². The molecule has 262 valence electrons. The first-order valence-electron chi connectivity index (χ1n) is 19.7. The minimum atomic E-state index is -0.533. The van der Waals surface area contributed by atoms with E-state index in [0.717, 1.165) is 46.0 Å². The van der Waals surface area contributed by atoms with Gasteiger partial charge in [0.1, 0.15) is 11.3 Å². The molecule has 0 unspecified atom stereocenters. The van der Waals surface area contributed by atoms with Crippen molar-refractivity contribution < 1.29 is 4.74 Å². The van der Waals surface area contributed by atoms with Crippen LogP contribution in [-0.2, 0) is 17.3 Å². The van der Waals surface area contributed by atoms with E-state index in [1.54, 1.807) is 0 Å². The van der Waals surface area contributed by atoms with Gasteiger partial charge in [0.25, 0.3) is 0 Å². The Bertz CT molecular complexity index is 3090. The lowest BCUT2D eigenvalue weighted by Gasteiger charge is -2.48. The summed E-state index contributed by atoms with van der Waals surface area (Å²) in [4.78, 5) is 5.02. The Hall–Kier alpha value is -6.97. The van der Waals surface area contributed by atoms with Gasteiger partial charge in [0.05, 0.1) is 22.0 Å². The number of nitrogens with zero attached hydrogens (tertiary/aromatic N) is 2. The van der Waals surface area contributed by atoms with Crippen molar-refractivity contribution in [2.75, 3.05) is 0 Å². The zero-order valence-corrected chi connectivity index (χ0v) is 30.8. The Morgan fingerprint density at radius 2 is 0.929 bits per heavy atom. The third-order valence-electron chi connectivity index (χ3n) is 13.2. The summed E-state index contributed by atoms with van der Waals surface area (Å²) in [6.45, 7) is 2.17. The van der Waals surface area contributed by atoms with E-state index in [1.165, 1.54) is 72.3 Å². The van der Waals surface area contributed by atoms with Gasteiger partial charge in [-0.25, -0.2) is 4.98 Å². The van der Waals surface area contributed by atoms with E-state index >= 15 is 0 Å². The third kappa shape index (κ3) is 3.45. The number of aryl methyl sites for hydroxylation is 1. The fourth-order valence-corrected chi connectivity index (χ4v) is 11.2. The van der Waals surface area contributed by atoms with E-state index in [0.29, 0.717) is 0 Å². The van der Waals surface area contributed by atoms with Gasteiger partial charge in [-0.15, -0.1) is 0 Å².